The van der Waals surface area contributed by atoms with E-state index in [1.807, 2.05) is 6.92 Å². The van der Waals surface area contributed by atoms with Gasteiger partial charge >= 0.3 is 0 Å². The van der Waals surface area contributed by atoms with Crippen LogP contribution in [0.25, 0.3) is 11.1 Å². The van der Waals surface area contributed by atoms with Gasteiger partial charge in [-0.05, 0) is 25.1 Å². The van der Waals surface area contributed by atoms with Crippen molar-refractivity contribution in [1.29, 1.82) is 0 Å². The molecule has 0 radical (unpaired) electrons. The van der Waals surface area contributed by atoms with E-state index >= 15 is 0 Å². The summed E-state index contributed by atoms with van der Waals surface area (Å²) in [4.78, 5) is 15.9. The average Bonchev–Trinajstić information content (AvgIpc) is 2.96. The molecule has 0 aliphatic rings. The van der Waals surface area contributed by atoms with E-state index in [1.165, 1.54) is 28.2 Å². The number of hydrogen-bond acceptors (Lipinski definition) is 6. The maximum atomic E-state index is 12.5. The summed E-state index contributed by atoms with van der Waals surface area (Å²) >= 11 is 1.17. The number of aromatic nitrogens is 1. The van der Waals surface area contributed by atoms with Crippen LogP contribution in [0.4, 0.5) is 0 Å². The lowest BCUT2D eigenvalue weighted by Gasteiger charge is -2.18. The van der Waals surface area contributed by atoms with Crippen molar-refractivity contribution >= 4 is 38.8 Å². The zero-order valence-electron chi connectivity index (χ0n) is 13.9. The third-order valence-electron chi connectivity index (χ3n) is 3.38. The lowest BCUT2D eigenvalue weighted by Crippen LogP contribution is -2.30. The van der Waals surface area contributed by atoms with E-state index in [2.05, 4.69) is 10.3 Å². The second-order valence-electron chi connectivity index (χ2n) is 4.94. The van der Waals surface area contributed by atoms with Crippen LogP contribution >= 0.6 is 11.8 Å². The normalized spacial score (nSPS) is 12.0. The zero-order chi connectivity index (χ0) is 17.7. The van der Waals surface area contributed by atoms with Crippen molar-refractivity contribution in [3.8, 4) is 0 Å². The molecule has 0 spiro atoms. The molecule has 1 aromatic carbocycles. The van der Waals surface area contributed by atoms with Crippen molar-refractivity contribution in [2.24, 2.45) is 0 Å². The Kier molecular flexibility index (Phi) is 6.25. The number of sulfonamides is 1. The van der Waals surface area contributed by atoms with Gasteiger partial charge in [0.15, 0.2) is 5.58 Å². The van der Waals surface area contributed by atoms with Crippen LogP contribution in [0.1, 0.15) is 20.8 Å². The van der Waals surface area contributed by atoms with E-state index in [0.29, 0.717) is 36.0 Å². The molecule has 1 amide bonds. The minimum Gasteiger partial charge on any atom is -0.431 e. The number of nitrogens with one attached hydrogen (secondary N) is 1. The molecule has 0 bridgehead atoms. The molecule has 1 heterocycles. The number of rotatable bonds is 8. The molecular formula is C15H21N3O4S2. The molecule has 2 aromatic rings. The minimum absolute atomic E-state index is 0.102. The van der Waals surface area contributed by atoms with Gasteiger partial charge in [-0.15, -0.1) is 0 Å². The van der Waals surface area contributed by atoms with Gasteiger partial charge in [0.25, 0.3) is 5.22 Å². The highest BCUT2D eigenvalue weighted by molar-refractivity contribution is 7.99. The quantitative estimate of drug-likeness (QED) is 0.714. The number of nitrogens with zero attached hydrogens (tertiary/aromatic N) is 2. The highest BCUT2D eigenvalue weighted by atomic mass is 32.2. The van der Waals surface area contributed by atoms with Crippen LogP contribution < -0.4 is 5.32 Å². The first-order valence-corrected chi connectivity index (χ1v) is 10.1. The highest BCUT2D eigenvalue weighted by Gasteiger charge is 2.22. The van der Waals surface area contributed by atoms with E-state index in [-0.39, 0.29) is 16.6 Å². The lowest BCUT2D eigenvalue weighted by atomic mass is 10.3. The Morgan fingerprint density at radius 3 is 2.62 bits per heavy atom. The summed E-state index contributed by atoms with van der Waals surface area (Å²) in [5.74, 6) is 0.0974. The van der Waals surface area contributed by atoms with Crippen molar-refractivity contribution in [2.75, 3.05) is 25.4 Å². The Morgan fingerprint density at radius 1 is 1.29 bits per heavy atom. The van der Waals surface area contributed by atoms with Gasteiger partial charge in [0.1, 0.15) is 5.52 Å². The van der Waals surface area contributed by atoms with Crippen LogP contribution in [0.2, 0.25) is 0 Å². The third-order valence-corrected chi connectivity index (χ3v) is 6.26. The van der Waals surface area contributed by atoms with Gasteiger partial charge in [-0.1, -0.05) is 25.6 Å². The van der Waals surface area contributed by atoms with E-state index < -0.39 is 10.0 Å². The number of amides is 1. The molecule has 0 aliphatic heterocycles. The van der Waals surface area contributed by atoms with Crippen molar-refractivity contribution in [2.45, 2.75) is 30.9 Å². The Balaban J connectivity index is 2.24. The van der Waals surface area contributed by atoms with E-state index in [4.69, 9.17) is 4.42 Å². The number of hydrogen-bond donors (Lipinski definition) is 1. The SMILES string of the molecule is CCNC(=O)CSc1nc2cc(S(=O)(=O)N(CC)CC)ccc2o1. The summed E-state index contributed by atoms with van der Waals surface area (Å²) in [6, 6.07) is 4.61. The Hall–Kier alpha value is -1.58. The summed E-state index contributed by atoms with van der Waals surface area (Å²) < 4.78 is 32.0. The van der Waals surface area contributed by atoms with Crippen molar-refractivity contribution in [3.63, 3.8) is 0 Å². The molecule has 1 N–H and O–H groups in total. The molecule has 7 nitrogen and oxygen atoms in total. The fourth-order valence-corrected chi connectivity index (χ4v) is 4.34. The van der Waals surface area contributed by atoms with Crippen molar-refractivity contribution in [1.82, 2.24) is 14.6 Å². The van der Waals surface area contributed by atoms with Gasteiger partial charge in [-0.25, -0.2) is 13.4 Å². The molecule has 0 fully saturated rings. The maximum absolute atomic E-state index is 12.5. The van der Waals surface area contributed by atoms with Crippen LogP contribution in [0.3, 0.4) is 0 Å². The van der Waals surface area contributed by atoms with Gasteiger partial charge in [-0.2, -0.15) is 4.31 Å². The summed E-state index contributed by atoms with van der Waals surface area (Å²) in [6.07, 6.45) is 0. The van der Waals surface area contributed by atoms with Crippen LogP contribution in [0.5, 0.6) is 0 Å². The predicted molar refractivity (Wildman–Crippen MR) is 93.5 cm³/mol. The van der Waals surface area contributed by atoms with Gasteiger partial charge < -0.3 is 9.73 Å². The molecule has 132 valence electrons. The first-order chi connectivity index (χ1) is 11.4. The molecule has 0 unspecified atom stereocenters. The second-order valence-corrected chi connectivity index (χ2v) is 7.81. The topological polar surface area (TPSA) is 92.5 Å². The average molecular weight is 371 g/mol. The van der Waals surface area contributed by atoms with Gasteiger partial charge in [-0.3, -0.25) is 4.79 Å². The Morgan fingerprint density at radius 2 is 2.00 bits per heavy atom. The minimum atomic E-state index is -3.54. The van der Waals surface area contributed by atoms with Crippen molar-refractivity contribution < 1.29 is 17.6 Å². The van der Waals surface area contributed by atoms with Gasteiger partial charge in [0.05, 0.1) is 10.6 Å². The first-order valence-electron chi connectivity index (χ1n) is 7.72. The monoisotopic (exact) mass is 371 g/mol. The molecule has 2 rings (SSSR count). The number of oxazole rings is 1. The molecule has 24 heavy (non-hydrogen) atoms. The number of benzene rings is 1. The third kappa shape index (κ3) is 4.08. The van der Waals surface area contributed by atoms with Crippen LogP contribution in [0.15, 0.2) is 32.7 Å². The van der Waals surface area contributed by atoms with E-state index in [0.717, 1.165) is 0 Å². The zero-order valence-corrected chi connectivity index (χ0v) is 15.5. The summed E-state index contributed by atoms with van der Waals surface area (Å²) in [6.45, 7) is 6.82. The molecule has 1 aromatic heterocycles. The molecular weight excluding hydrogens is 350 g/mol. The molecule has 0 saturated carbocycles. The fourth-order valence-electron chi connectivity index (χ4n) is 2.20. The summed E-state index contributed by atoms with van der Waals surface area (Å²) in [5.41, 5.74) is 0.952. The summed E-state index contributed by atoms with van der Waals surface area (Å²) in [5, 5.41) is 3.03. The van der Waals surface area contributed by atoms with Gasteiger partial charge in [0, 0.05) is 19.6 Å². The van der Waals surface area contributed by atoms with Crippen LogP contribution in [0, 0.1) is 0 Å². The van der Waals surface area contributed by atoms with Crippen LogP contribution in [-0.4, -0.2) is 49.0 Å². The van der Waals surface area contributed by atoms with Crippen molar-refractivity contribution in [3.05, 3.63) is 18.2 Å². The number of carbonyl (C=O) groups excluding carboxylic acids is 1. The molecule has 0 aliphatic carbocycles. The van der Waals surface area contributed by atoms with Crippen LogP contribution in [-0.2, 0) is 14.8 Å². The lowest BCUT2D eigenvalue weighted by molar-refractivity contribution is -0.118. The standard InChI is InChI=1S/C15H21N3O4S2/c1-4-16-14(19)10-23-15-17-12-9-11(7-8-13(12)22-15)24(20,21)18(5-2)6-3/h7-9H,4-6,10H2,1-3H3,(H,16,19). The summed E-state index contributed by atoms with van der Waals surface area (Å²) in [7, 11) is -3.54. The largest absolute Gasteiger partial charge is 0.431 e. The Bertz CT molecular complexity index is 813. The van der Waals surface area contributed by atoms with E-state index in [9.17, 15) is 13.2 Å². The maximum Gasteiger partial charge on any atom is 0.257 e. The number of carbonyl (C=O) groups is 1. The fraction of sp³-hybridized carbons (Fsp3) is 0.467. The smallest absolute Gasteiger partial charge is 0.257 e. The Labute approximate surface area is 145 Å². The molecule has 0 saturated heterocycles. The molecule has 0 atom stereocenters. The first kappa shape index (κ1) is 18.8. The van der Waals surface area contributed by atoms with Gasteiger partial charge in [0.2, 0.25) is 15.9 Å². The predicted octanol–water partition coefficient (Wildman–Crippen LogP) is 2.09. The number of fused-ring (bicyclic) bond motifs is 1. The van der Waals surface area contributed by atoms with E-state index in [1.54, 1.807) is 19.9 Å². The number of thioether (sulfide) groups is 1. The highest BCUT2D eigenvalue weighted by Crippen LogP contribution is 2.26. The molecule has 9 heteroatoms. The second kappa shape index (κ2) is 8.00.